The molecular weight excluding hydrogens is 252 g/mol. The van der Waals surface area contributed by atoms with E-state index in [2.05, 4.69) is 25.8 Å². The molecule has 1 amide bonds. The van der Waals surface area contributed by atoms with Crippen LogP contribution in [0.15, 0.2) is 12.4 Å². The predicted molar refractivity (Wildman–Crippen MR) is 62.2 cm³/mol. The highest BCUT2D eigenvalue weighted by Crippen LogP contribution is 2.02. The lowest BCUT2D eigenvalue weighted by molar-refractivity contribution is -0.137. The van der Waals surface area contributed by atoms with Crippen molar-refractivity contribution in [3.05, 3.63) is 29.3 Å². The lowest BCUT2D eigenvalue weighted by Crippen LogP contribution is -2.23. The first-order valence-electron chi connectivity index (χ1n) is 5.45. The number of aromatic nitrogens is 5. The first-order chi connectivity index (χ1) is 9.06. The minimum Gasteiger partial charge on any atom is -0.480 e. The van der Waals surface area contributed by atoms with E-state index in [-0.39, 0.29) is 19.0 Å². The number of carboxylic acid groups (broad SMARTS) is 1. The van der Waals surface area contributed by atoms with Gasteiger partial charge >= 0.3 is 5.97 Å². The van der Waals surface area contributed by atoms with Gasteiger partial charge < -0.3 is 10.4 Å². The van der Waals surface area contributed by atoms with Crippen molar-refractivity contribution in [2.24, 2.45) is 0 Å². The summed E-state index contributed by atoms with van der Waals surface area (Å²) >= 11 is 0. The Bertz CT molecular complexity index is 602. The monoisotopic (exact) mass is 264 g/mol. The third kappa shape index (κ3) is 3.15. The second kappa shape index (κ2) is 5.29. The maximum Gasteiger partial charge on any atom is 0.325 e. The molecule has 0 unspecified atom stereocenters. The molecule has 0 saturated heterocycles. The second-order valence-electron chi connectivity index (χ2n) is 3.89. The van der Waals surface area contributed by atoms with Crippen LogP contribution in [0.1, 0.15) is 21.7 Å². The zero-order valence-electron chi connectivity index (χ0n) is 10.1. The van der Waals surface area contributed by atoms with Gasteiger partial charge in [-0.25, -0.2) is 4.68 Å². The summed E-state index contributed by atoms with van der Waals surface area (Å²) in [4.78, 5) is 22.2. The molecule has 9 nitrogen and oxygen atoms in total. The Balaban J connectivity index is 1.92. The number of rotatable bonds is 5. The summed E-state index contributed by atoms with van der Waals surface area (Å²) in [6, 6.07) is 0. The van der Waals surface area contributed by atoms with Gasteiger partial charge in [-0.2, -0.15) is 5.10 Å². The van der Waals surface area contributed by atoms with Crippen LogP contribution in [0.2, 0.25) is 0 Å². The molecule has 0 atom stereocenters. The molecule has 19 heavy (non-hydrogen) atoms. The second-order valence-corrected chi connectivity index (χ2v) is 3.89. The highest BCUT2D eigenvalue weighted by atomic mass is 16.4. The lowest BCUT2D eigenvalue weighted by atomic mass is 10.2. The number of H-pyrrole nitrogens is 1. The van der Waals surface area contributed by atoms with Crippen LogP contribution in [0.25, 0.3) is 0 Å². The number of amides is 1. The van der Waals surface area contributed by atoms with Crippen LogP contribution < -0.4 is 5.32 Å². The predicted octanol–water partition coefficient (Wildman–Crippen LogP) is -0.676. The van der Waals surface area contributed by atoms with Crippen LogP contribution in [0.3, 0.4) is 0 Å². The molecule has 0 radical (unpaired) electrons. The Morgan fingerprint density at radius 3 is 2.95 bits per heavy atom. The molecule has 2 aromatic heterocycles. The molecule has 0 spiro atoms. The highest BCUT2D eigenvalue weighted by Gasteiger charge is 2.11. The molecule has 0 saturated carbocycles. The molecule has 0 aliphatic carbocycles. The minimum atomic E-state index is -1.01. The molecule has 100 valence electrons. The van der Waals surface area contributed by atoms with E-state index in [1.165, 1.54) is 17.1 Å². The molecule has 9 heteroatoms. The van der Waals surface area contributed by atoms with E-state index in [1.54, 1.807) is 6.92 Å². The average molecular weight is 264 g/mol. The number of hydrogen-bond acceptors (Lipinski definition) is 5. The van der Waals surface area contributed by atoms with Crippen molar-refractivity contribution in [1.29, 1.82) is 0 Å². The molecular formula is C10H12N6O3. The number of aryl methyl sites for hydroxylation is 1. The topological polar surface area (TPSA) is 126 Å². The number of carbonyl (C=O) groups excluding carboxylic acids is 1. The van der Waals surface area contributed by atoms with Crippen LogP contribution in [0.5, 0.6) is 0 Å². The Hall–Kier alpha value is -2.71. The zero-order chi connectivity index (χ0) is 13.8. The standard InChI is InChI=1S/C10H12N6O3/c1-6-8(3-12-13-6)10(19)11-2-7-4-16(15-14-7)5-9(17)18/h3-4H,2,5H2,1H3,(H,11,19)(H,12,13)(H,17,18). The van der Waals surface area contributed by atoms with E-state index in [1.807, 2.05) is 0 Å². The molecule has 3 N–H and O–H groups in total. The number of nitrogens with one attached hydrogen (secondary N) is 2. The Labute approximate surface area is 107 Å². The average Bonchev–Trinajstić information content (AvgIpc) is 2.94. The summed E-state index contributed by atoms with van der Waals surface area (Å²) in [6.07, 6.45) is 2.91. The number of carboxylic acids is 1. The van der Waals surface area contributed by atoms with Crippen molar-refractivity contribution in [3.63, 3.8) is 0 Å². The van der Waals surface area contributed by atoms with Crippen molar-refractivity contribution < 1.29 is 14.7 Å². The highest BCUT2D eigenvalue weighted by molar-refractivity contribution is 5.94. The molecule has 0 aliphatic heterocycles. The third-order valence-corrected chi connectivity index (χ3v) is 2.39. The van der Waals surface area contributed by atoms with Crippen LogP contribution >= 0.6 is 0 Å². The first-order valence-corrected chi connectivity index (χ1v) is 5.45. The van der Waals surface area contributed by atoms with Gasteiger partial charge in [0.2, 0.25) is 0 Å². The fourth-order valence-corrected chi connectivity index (χ4v) is 1.48. The van der Waals surface area contributed by atoms with Crippen molar-refractivity contribution >= 4 is 11.9 Å². The van der Waals surface area contributed by atoms with E-state index in [9.17, 15) is 9.59 Å². The van der Waals surface area contributed by atoms with Gasteiger partial charge in [-0.3, -0.25) is 14.7 Å². The van der Waals surface area contributed by atoms with Crippen molar-refractivity contribution in [1.82, 2.24) is 30.5 Å². The van der Waals surface area contributed by atoms with Gasteiger partial charge in [-0.15, -0.1) is 5.10 Å². The third-order valence-electron chi connectivity index (χ3n) is 2.39. The molecule has 0 fully saturated rings. The minimum absolute atomic E-state index is 0.170. The summed E-state index contributed by atoms with van der Waals surface area (Å²) in [5.41, 5.74) is 1.61. The molecule has 0 aromatic carbocycles. The molecule has 2 aromatic rings. The fourth-order valence-electron chi connectivity index (χ4n) is 1.48. The van der Waals surface area contributed by atoms with E-state index in [0.29, 0.717) is 17.0 Å². The largest absolute Gasteiger partial charge is 0.480 e. The summed E-state index contributed by atoms with van der Waals surface area (Å²) in [5.74, 6) is -1.28. The van der Waals surface area contributed by atoms with Gasteiger partial charge in [0.05, 0.1) is 24.5 Å². The summed E-state index contributed by atoms with van der Waals surface area (Å²) in [7, 11) is 0. The number of aromatic amines is 1. The SMILES string of the molecule is Cc1[nH]ncc1C(=O)NCc1cn(CC(=O)O)nn1. The maximum absolute atomic E-state index is 11.8. The van der Waals surface area contributed by atoms with Crippen molar-refractivity contribution in [2.75, 3.05) is 0 Å². The zero-order valence-corrected chi connectivity index (χ0v) is 10.1. The molecule has 0 bridgehead atoms. The van der Waals surface area contributed by atoms with Crippen molar-refractivity contribution in [2.45, 2.75) is 20.0 Å². The normalized spacial score (nSPS) is 10.4. The maximum atomic E-state index is 11.8. The van der Waals surface area contributed by atoms with Gasteiger partial charge in [-0.05, 0) is 6.92 Å². The number of aliphatic carboxylic acids is 1. The molecule has 2 heterocycles. The van der Waals surface area contributed by atoms with Gasteiger partial charge in [0.15, 0.2) is 0 Å². The van der Waals surface area contributed by atoms with Crippen LogP contribution in [0.4, 0.5) is 0 Å². The number of hydrogen-bond donors (Lipinski definition) is 3. The van der Waals surface area contributed by atoms with Crippen LogP contribution in [0, 0.1) is 6.92 Å². The Morgan fingerprint density at radius 2 is 2.32 bits per heavy atom. The lowest BCUT2D eigenvalue weighted by Gasteiger charge is -2.00. The molecule has 2 rings (SSSR count). The van der Waals surface area contributed by atoms with E-state index in [0.717, 1.165) is 0 Å². The summed E-state index contributed by atoms with van der Waals surface area (Å²) < 4.78 is 1.19. The molecule has 0 aliphatic rings. The van der Waals surface area contributed by atoms with Crippen molar-refractivity contribution in [3.8, 4) is 0 Å². The Morgan fingerprint density at radius 1 is 1.53 bits per heavy atom. The number of nitrogens with zero attached hydrogens (tertiary/aromatic N) is 4. The Kier molecular flexibility index (Phi) is 3.55. The first kappa shape index (κ1) is 12.7. The van der Waals surface area contributed by atoms with E-state index < -0.39 is 5.97 Å². The van der Waals surface area contributed by atoms with Gasteiger partial charge in [-0.1, -0.05) is 5.21 Å². The summed E-state index contributed by atoms with van der Waals surface area (Å²) in [5, 5.41) is 25.0. The fraction of sp³-hybridized carbons (Fsp3) is 0.300. The number of carbonyl (C=O) groups is 2. The van der Waals surface area contributed by atoms with E-state index in [4.69, 9.17) is 5.11 Å². The van der Waals surface area contributed by atoms with Crippen LogP contribution in [-0.2, 0) is 17.9 Å². The van der Waals surface area contributed by atoms with Gasteiger partial charge in [0.25, 0.3) is 5.91 Å². The van der Waals surface area contributed by atoms with Gasteiger partial charge in [0.1, 0.15) is 12.2 Å². The smallest absolute Gasteiger partial charge is 0.325 e. The quantitative estimate of drug-likeness (QED) is 0.657. The van der Waals surface area contributed by atoms with Gasteiger partial charge in [0, 0.05) is 5.69 Å². The van der Waals surface area contributed by atoms with E-state index >= 15 is 0 Å². The summed E-state index contributed by atoms with van der Waals surface area (Å²) in [6.45, 7) is 1.65. The van der Waals surface area contributed by atoms with Crippen LogP contribution in [-0.4, -0.2) is 42.2 Å².